The normalized spacial score (nSPS) is 12.4. The standard InChI is InChI=1S/C24H24N2O6S/c1-30-15-18-4-3-5-20(12-18)25-24(27)19-8-6-17(7-9-19)14-26(33(2,28)29)21-10-11-22-23(13-21)32-16-31-22/h3-13H,14-16H2,1-2H3,(H,25,27). The Labute approximate surface area is 192 Å². The highest BCUT2D eigenvalue weighted by molar-refractivity contribution is 7.92. The second-order valence-corrected chi connectivity index (χ2v) is 9.50. The van der Waals surface area contributed by atoms with Crippen LogP contribution in [-0.2, 0) is 27.9 Å². The second kappa shape index (κ2) is 9.51. The molecule has 1 aliphatic heterocycles. The first-order valence-electron chi connectivity index (χ1n) is 10.2. The number of carbonyl (C=O) groups excluding carboxylic acids is 1. The number of fused-ring (bicyclic) bond motifs is 1. The molecule has 33 heavy (non-hydrogen) atoms. The smallest absolute Gasteiger partial charge is 0.255 e. The van der Waals surface area contributed by atoms with Gasteiger partial charge in [-0.2, -0.15) is 0 Å². The highest BCUT2D eigenvalue weighted by atomic mass is 32.2. The number of ether oxygens (including phenoxy) is 3. The fourth-order valence-electron chi connectivity index (χ4n) is 3.48. The molecule has 0 spiro atoms. The number of amides is 1. The van der Waals surface area contributed by atoms with Crippen molar-refractivity contribution in [1.29, 1.82) is 0 Å². The van der Waals surface area contributed by atoms with Gasteiger partial charge in [0.15, 0.2) is 11.5 Å². The second-order valence-electron chi connectivity index (χ2n) is 7.59. The summed E-state index contributed by atoms with van der Waals surface area (Å²) in [7, 11) is -1.95. The molecule has 0 aromatic heterocycles. The van der Waals surface area contributed by atoms with Crippen LogP contribution in [0.25, 0.3) is 0 Å². The van der Waals surface area contributed by atoms with E-state index in [1.54, 1.807) is 55.6 Å². The minimum absolute atomic E-state index is 0.109. The van der Waals surface area contributed by atoms with Crippen LogP contribution >= 0.6 is 0 Å². The van der Waals surface area contributed by atoms with E-state index in [-0.39, 0.29) is 19.2 Å². The van der Waals surface area contributed by atoms with Crippen molar-refractivity contribution in [2.75, 3.05) is 29.8 Å². The molecule has 3 aromatic rings. The van der Waals surface area contributed by atoms with Crippen molar-refractivity contribution in [2.24, 2.45) is 0 Å². The van der Waals surface area contributed by atoms with E-state index in [1.165, 1.54) is 4.31 Å². The van der Waals surface area contributed by atoms with E-state index < -0.39 is 10.0 Å². The van der Waals surface area contributed by atoms with E-state index in [0.717, 1.165) is 17.4 Å². The van der Waals surface area contributed by atoms with Gasteiger partial charge in [0.1, 0.15) is 0 Å². The lowest BCUT2D eigenvalue weighted by molar-refractivity contribution is 0.102. The highest BCUT2D eigenvalue weighted by Gasteiger charge is 2.22. The largest absolute Gasteiger partial charge is 0.454 e. The molecule has 0 saturated carbocycles. The zero-order valence-corrected chi connectivity index (χ0v) is 19.1. The van der Waals surface area contributed by atoms with Crippen LogP contribution in [0.4, 0.5) is 11.4 Å². The van der Waals surface area contributed by atoms with Gasteiger partial charge in [0, 0.05) is 24.4 Å². The maximum Gasteiger partial charge on any atom is 0.255 e. The number of sulfonamides is 1. The van der Waals surface area contributed by atoms with Gasteiger partial charge >= 0.3 is 0 Å². The summed E-state index contributed by atoms with van der Waals surface area (Å²) in [6.07, 6.45) is 1.15. The molecule has 4 rings (SSSR count). The molecule has 0 unspecified atom stereocenters. The van der Waals surface area contributed by atoms with Crippen molar-refractivity contribution in [3.05, 3.63) is 83.4 Å². The van der Waals surface area contributed by atoms with Gasteiger partial charge in [0.05, 0.1) is 25.1 Å². The summed E-state index contributed by atoms with van der Waals surface area (Å²) in [5.74, 6) is 0.824. The molecular formula is C24H24N2O6S. The summed E-state index contributed by atoms with van der Waals surface area (Å²) >= 11 is 0. The molecule has 0 bridgehead atoms. The SMILES string of the molecule is COCc1cccc(NC(=O)c2ccc(CN(c3ccc4c(c3)OCO4)S(C)(=O)=O)cc2)c1. The fraction of sp³-hybridized carbons (Fsp3) is 0.208. The average molecular weight is 469 g/mol. The van der Waals surface area contributed by atoms with Gasteiger partial charge in [-0.1, -0.05) is 24.3 Å². The summed E-state index contributed by atoms with van der Waals surface area (Å²) in [6, 6.07) is 19.2. The van der Waals surface area contributed by atoms with E-state index in [4.69, 9.17) is 14.2 Å². The molecule has 3 aromatic carbocycles. The van der Waals surface area contributed by atoms with Crippen molar-refractivity contribution < 1.29 is 27.4 Å². The van der Waals surface area contributed by atoms with Crippen LogP contribution in [0, 0.1) is 0 Å². The molecule has 172 valence electrons. The number of hydrogen-bond donors (Lipinski definition) is 1. The first-order chi connectivity index (χ1) is 15.8. The molecule has 0 saturated heterocycles. The Hall–Kier alpha value is -3.56. The van der Waals surface area contributed by atoms with E-state index in [2.05, 4.69) is 5.32 Å². The zero-order chi connectivity index (χ0) is 23.4. The number of nitrogens with zero attached hydrogens (tertiary/aromatic N) is 1. The highest BCUT2D eigenvalue weighted by Crippen LogP contribution is 2.36. The molecule has 0 radical (unpaired) electrons. The number of carbonyl (C=O) groups is 1. The number of nitrogens with one attached hydrogen (secondary N) is 1. The number of benzene rings is 3. The van der Waals surface area contributed by atoms with Crippen LogP contribution < -0.4 is 19.1 Å². The average Bonchev–Trinajstić information content (AvgIpc) is 3.25. The Morgan fingerprint density at radius 3 is 2.48 bits per heavy atom. The van der Waals surface area contributed by atoms with Gasteiger partial charge in [-0.3, -0.25) is 9.10 Å². The molecule has 1 aliphatic rings. The molecular weight excluding hydrogens is 444 g/mol. The zero-order valence-electron chi connectivity index (χ0n) is 18.3. The fourth-order valence-corrected chi connectivity index (χ4v) is 4.36. The van der Waals surface area contributed by atoms with Crippen molar-refractivity contribution in [3.8, 4) is 11.5 Å². The maximum absolute atomic E-state index is 12.6. The first-order valence-corrected chi connectivity index (χ1v) is 12.0. The summed E-state index contributed by atoms with van der Waals surface area (Å²) in [5, 5.41) is 2.86. The van der Waals surface area contributed by atoms with Crippen molar-refractivity contribution in [3.63, 3.8) is 0 Å². The predicted octanol–water partition coefficient (Wildman–Crippen LogP) is 3.78. The van der Waals surface area contributed by atoms with E-state index >= 15 is 0 Å². The summed E-state index contributed by atoms with van der Waals surface area (Å²) in [5.41, 5.74) is 3.29. The van der Waals surface area contributed by atoms with Crippen molar-refractivity contribution in [1.82, 2.24) is 0 Å². The van der Waals surface area contributed by atoms with Crippen molar-refractivity contribution in [2.45, 2.75) is 13.2 Å². The quantitative estimate of drug-likeness (QED) is 0.541. The maximum atomic E-state index is 12.6. The third-order valence-electron chi connectivity index (χ3n) is 5.08. The van der Waals surface area contributed by atoms with E-state index in [9.17, 15) is 13.2 Å². The summed E-state index contributed by atoms with van der Waals surface area (Å²) in [6.45, 7) is 0.677. The number of methoxy groups -OCH3 is 1. The summed E-state index contributed by atoms with van der Waals surface area (Å²) < 4.78 is 42.0. The first kappa shape index (κ1) is 22.6. The topological polar surface area (TPSA) is 94.2 Å². The molecule has 8 nitrogen and oxygen atoms in total. The van der Waals surface area contributed by atoms with Crippen LogP contribution in [0.3, 0.4) is 0 Å². The lowest BCUT2D eigenvalue weighted by Crippen LogP contribution is -2.29. The minimum Gasteiger partial charge on any atom is -0.454 e. The van der Waals surface area contributed by atoms with Crippen LogP contribution in [0.15, 0.2) is 66.7 Å². The van der Waals surface area contributed by atoms with Gasteiger partial charge in [-0.25, -0.2) is 8.42 Å². The number of anilines is 2. The Bertz CT molecular complexity index is 1260. The molecule has 9 heteroatoms. The third kappa shape index (κ3) is 5.44. The Morgan fingerprint density at radius 2 is 1.76 bits per heavy atom. The van der Waals surface area contributed by atoms with Crippen LogP contribution in [0.2, 0.25) is 0 Å². The van der Waals surface area contributed by atoms with Crippen LogP contribution in [-0.4, -0.2) is 34.5 Å². The van der Waals surface area contributed by atoms with Gasteiger partial charge in [0.2, 0.25) is 16.8 Å². The lowest BCUT2D eigenvalue weighted by atomic mass is 10.1. The van der Waals surface area contributed by atoms with E-state index in [1.807, 2.05) is 18.2 Å². The molecule has 0 aliphatic carbocycles. The van der Waals surface area contributed by atoms with Gasteiger partial charge in [-0.05, 0) is 47.5 Å². The molecule has 1 heterocycles. The van der Waals surface area contributed by atoms with Gasteiger partial charge < -0.3 is 19.5 Å². The number of rotatable bonds is 8. The van der Waals surface area contributed by atoms with Gasteiger partial charge in [-0.15, -0.1) is 0 Å². The predicted molar refractivity (Wildman–Crippen MR) is 125 cm³/mol. The molecule has 0 fully saturated rings. The summed E-state index contributed by atoms with van der Waals surface area (Å²) in [4.78, 5) is 12.6. The Kier molecular flexibility index (Phi) is 6.52. The Morgan fingerprint density at radius 1 is 1.00 bits per heavy atom. The monoisotopic (exact) mass is 468 g/mol. The van der Waals surface area contributed by atoms with Crippen LogP contribution in [0.1, 0.15) is 21.5 Å². The lowest BCUT2D eigenvalue weighted by Gasteiger charge is -2.23. The van der Waals surface area contributed by atoms with Gasteiger partial charge in [0.25, 0.3) is 5.91 Å². The molecule has 1 amide bonds. The third-order valence-corrected chi connectivity index (χ3v) is 6.22. The Balaban J connectivity index is 1.48. The van der Waals surface area contributed by atoms with Crippen molar-refractivity contribution >= 4 is 27.3 Å². The molecule has 1 N–H and O–H groups in total. The molecule has 0 atom stereocenters. The van der Waals surface area contributed by atoms with E-state index in [0.29, 0.717) is 35.0 Å². The van der Waals surface area contributed by atoms with Crippen LogP contribution in [0.5, 0.6) is 11.5 Å². The number of hydrogen-bond acceptors (Lipinski definition) is 6. The minimum atomic E-state index is -3.56.